The van der Waals surface area contributed by atoms with E-state index in [2.05, 4.69) is 5.32 Å². The maximum Gasteiger partial charge on any atom is 0.256 e. The molecule has 1 saturated heterocycles. The van der Waals surface area contributed by atoms with E-state index in [1.807, 2.05) is 13.0 Å². The van der Waals surface area contributed by atoms with E-state index in [1.165, 1.54) is 17.0 Å². The van der Waals surface area contributed by atoms with Crippen LogP contribution in [0.2, 0.25) is 0 Å². The van der Waals surface area contributed by atoms with Crippen LogP contribution in [0.3, 0.4) is 0 Å². The maximum atomic E-state index is 13.2. The lowest BCUT2D eigenvalue weighted by atomic mass is 10.1. The summed E-state index contributed by atoms with van der Waals surface area (Å²) in [5.41, 5.74) is 2.50. The van der Waals surface area contributed by atoms with Crippen LogP contribution in [0.25, 0.3) is 0 Å². The molecule has 0 bridgehead atoms. The molecular formula is C22H22FN3O3. The Morgan fingerprint density at radius 1 is 1.17 bits per heavy atom. The van der Waals surface area contributed by atoms with E-state index in [4.69, 9.17) is 0 Å². The first-order valence-corrected chi connectivity index (χ1v) is 9.69. The maximum absolute atomic E-state index is 13.2. The van der Waals surface area contributed by atoms with Crippen molar-refractivity contribution >= 4 is 23.4 Å². The van der Waals surface area contributed by atoms with Crippen molar-refractivity contribution in [2.75, 3.05) is 18.0 Å². The van der Waals surface area contributed by atoms with E-state index in [9.17, 15) is 18.8 Å². The average molecular weight is 395 g/mol. The SMILES string of the molecule is Cc1cccc2c1N(CC(=O)NCc1ccc(F)cc1)C(=O)C1CCCN1C2=O. The van der Waals surface area contributed by atoms with Crippen LogP contribution in [-0.2, 0) is 16.1 Å². The van der Waals surface area contributed by atoms with E-state index < -0.39 is 6.04 Å². The molecule has 4 rings (SSSR count). The number of nitrogens with zero attached hydrogens (tertiary/aromatic N) is 2. The van der Waals surface area contributed by atoms with Gasteiger partial charge in [0.25, 0.3) is 5.91 Å². The Balaban J connectivity index is 1.58. The highest BCUT2D eigenvalue weighted by Crippen LogP contribution is 2.34. The van der Waals surface area contributed by atoms with Gasteiger partial charge in [0.1, 0.15) is 18.4 Å². The zero-order chi connectivity index (χ0) is 20.5. The predicted octanol–water partition coefficient (Wildman–Crippen LogP) is 2.40. The van der Waals surface area contributed by atoms with Gasteiger partial charge in [0.2, 0.25) is 11.8 Å². The van der Waals surface area contributed by atoms with Crippen molar-refractivity contribution < 1.29 is 18.8 Å². The normalized spacial score (nSPS) is 18.3. The van der Waals surface area contributed by atoms with Crippen LogP contribution in [0.5, 0.6) is 0 Å². The first-order chi connectivity index (χ1) is 14.0. The first kappa shape index (κ1) is 19.1. The molecule has 2 heterocycles. The Labute approximate surface area is 168 Å². The predicted molar refractivity (Wildman–Crippen MR) is 106 cm³/mol. The van der Waals surface area contributed by atoms with Crippen molar-refractivity contribution in [2.24, 2.45) is 0 Å². The molecule has 2 aromatic rings. The Hall–Kier alpha value is -3.22. The number of aryl methyl sites for hydroxylation is 1. The largest absolute Gasteiger partial charge is 0.350 e. The van der Waals surface area contributed by atoms with Gasteiger partial charge in [0.15, 0.2) is 0 Å². The van der Waals surface area contributed by atoms with Crippen LogP contribution in [0, 0.1) is 12.7 Å². The number of carbonyl (C=O) groups excluding carboxylic acids is 3. The second-order valence-corrected chi connectivity index (χ2v) is 7.46. The molecule has 2 aliphatic rings. The molecule has 2 aliphatic heterocycles. The zero-order valence-corrected chi connectivity index (χ0v) is 16.2. The third-order valence-corrected chi connectivity index (χ3v) is 5.51. The summed E-state index contributed by atoms with van der Waals surface area (Å²) >= 11 is 0. The molecule has 6 nitrogen and oxygen atoms in total. The number of hydrogen-bond acceptors (Lipinski definition) is 3. The molecule has 7 heteroatoms. The number of anilines is 1. The molecule has 29 heavy (non-hydrogen) atoms. The standard InChI is InChI=1S/C22H22FN3O3/c1-14-4-2-5-17-20(14)26(22(29)18-6-3-11-25(18)21(17)28)13-19(27)24-12-15-7-9-16(23)10-8-15/h2,4-5,7-10,18H,3,6,11-13H2,1H3,(H,24,27). The van der Waals surface area contributed by atoms with Gasteiger partial charge < -0.3 is 15.1 Å². The van der Waals surface area contributed by atoms with Crippen molar-refractivity contribution in [3.05, 3.63) is 65.0 Å². The number of hydrogen-bond donors (Lipinski definition) is 1. The summed E-state index contributed by atoms with van der Waals surface area (Å²) in [5.74, 6) is -1.06. The lowest BCUT2D eigenvalue weighted by molar-refractivity contribution is -0.125. The van der Waals surface area contributed by atoms with Gasteiger partial charge in [-0.15, -0.1) is 0 Å². The number of amides is 3. The fourth-order valence-corrected chi connectivity index (χ4v) is 4.06. The highest BCUT2D eigenvalue weighted by molar-refractivity contribution is 6.13. The highest BCUT2D eigenvalue weighted by atomic mass is 19.1. The van der Waals surface area contributed by atoms with Crippen LogP contribution in [0.4, 0.5) is 10.1 Å². The number of para-hydroxylation sites is 1. The van der Waals surface area contributed by atoms with Crippen molar-refractivity contribution in [1.82, 2.24) is 10.2 Å². The summed E-state index contributed by atoms with van der Waals surface area (Å²) in [6.45, 7) is 2.44. The number of nitrogens with one attached hydrogen (secondary N) is 1. The first-order valence-electron chi connectivity index (χ1n) is 9.69. The fourth-order valence-electron chi connectivity index (χ4n) is 4.06. The van der Waals surface area contributed by atoms with Crippen LogP contribution in [0.15, 0.2) is 42.5 Å². The van der Waals surface area contributed by atoms with E-state index in [1.54, 1.807) is 29.2 Å². The molecule has 0 aliphatic carbocycles. The molecule has 0 radical (unpaired) electrons. The second kappa shape index (κ2) is 7.66. The molecule has 0 spiro atoms. The van der Waals surface area contributed by atoms with Crippen LogP contribution < -0.4 is 10.2 Å². The number of benzene rings is 2. The summed E-state index contributed by atoms with van der Waals surface area (Å²) in [6, 6.07) is 10.7. The van der Waals surface area contributed by atoms with Crippen LogP contribution in [-0.4, -0.2) is 41.8 Å². The zero-order valence-electron chi connectivity index (χ0n) is 16.2. The monoisotopic (exact) mass is 395 g/mol. The van der Waals surface area contributed by atoms with E-state index in [-0.39, 0.29) is 36.6 Å². The lowest BCUT2D eigenvalue weighted by Crippen LogP contribution is -2.48. The summed E-state index contributed by atoms with van der Waals surface area (Å²) in [6.07, 6.45) is 1.37. The Morgan fingerprint density at radius 2 is 1.93 bits per heavy atom. The minimum Gasteiger partial charge on any atom is -0.350 e. The number of halogens is 1. The van der Waals surface area contributed by atoms with Crippen molar-refractivity contribution in [1.29, 1.82) is 0 Å². The average Bonchev–Trinajstić information content (AvgIpc) is 3.18. The quantitative estimate of drug-likeness (QED) is 0.864. The Kier molecular flexibility index (Phi) is 5.05. The summed E-state index contributed by atoms with van der Waals surface area (Å²) in [5, 5.41) is 2.77. The van der Waals surface area contributed by atoms with Crippen molar-refractivity contribution in [3.63, 3.8) is 0 Å². The van der Waals surface area contributed by atoms with E-state index in [0.29, 0.717) is 24.2 Å². The smallest absolute Gasteiger partial charge is 0.256 e. The topological polar surface area (TPSA) is 69.7 Å². The minimum atomic E-state index is -0.529. The van der Waals surface area contributed by atoms with Gasteiger partial charge in [-0.3, -0.25) is 14.4 Å². The second-order valence-electron chi connectivity index (χ2n) is 7.46. The van der Waals surface area contributed by atoms with E-state index >= 15 is 0 Å². The Morgan fingerprint density at radius 3 is 2.69 bits per heavy atom. The highest BCUT2D eigenvalue weighted by Gasteiger charge is 2.42. The molecule has 1 atom stereocenters. The molecule has 3 amide bonds. The fraction of sp³-hybridized carbons (Fsp3) is 0.318. The van der Waals surface area contributed by atoms with Crippen molar-refractivity contribution in [3.8, 4) is 0 Å². The number of fused-ring (bicyclic) bond motifs is 2. The third-order valence-electron chi connectivity index (χ3n) is 5.51. The number of rotatable bonds is 4. The van der Waals surface area contributed by atoms with Gasteiger partial charge in [0.05, 0.1) is 11.3 Å². The van der Waals surface area contributed by atoms with Gasteiger partial charge in [-0.25, -0.2) is 4.39 Å². The molecular weight excluding hydrogens is 373 g/mol. The molecule has 0 aromatic heterocycles. The molecule has 2 aromatic carbocycles. The van der Waals surface area contributed by atoms with Crippen LogP contribution >= 0.6 is 0 Å². The molecule has 1 unspecified atom stereocenters. The third kappa shape index (κ3) is 3.60. The van der Waals surface area contributed by atoms with Gasteiger partial charge in [0, 0.05) is 13.1 Å². The minimum absolute atomic E-state index is 0.159. The molecule has 0 saturated carbocycles. The summed E-state index contributed by atoms with van der Waals surface area (Å²) in [4.78, 5) is 41.9. The molecule has 1 N–H and O–H groups in total. The molecule has 1 fully saturated rings. The lowest BCUT2D eigenvalue weighted by Gasteiger charge is -2.26. The number of carbonyl (C=O) groups is 3. The summed E-state index contributed by atoms with van der Waals surface area (Å²) in [7, 11) is 0. The molecule has 150 valence electrons. The summed E-state index contributed by atoms with van der Waals surface area (Å²) < 4.78 is 13.0. The van der Waals surface area contributed by atoms with Gasteiger partial charge >= 0.3 is 0 Å². The van der Waals surface area contributed by atoms with Crippen LogP contribution in [0.1, 0.15) is 34.3 Å². The van der Waals surface area contributed by atoms with Gasteiger partial charge in [-0.05, 0) is 49.1 Å². The van der Waals surface area contributed by atoms with Gasteiger partial charge in [-0.1, -0.05) is 24.3 Å². The van der Waals surface area contributed by atoms with Crippen molar-refractivity contribution in [2.45, 2.75) is 32.4 Å². The Bertz CT molecular complexity index is 974. The van der Waals surface area contributed by atoms with E-state index in [0.717, 1.165) is 17.5 Å². The van der Waals surface area contributed by atoms with Gasteiger partial charge in [-0.2, -0.15) is 0 Å².